The van der Waals surface area contributed by atoms with Crippen molar-refractivity contribution in [3.8, 4) is 5.75 Å². The van der Waals surface area contributed by atoms with E-state index in [9.17, 15) is 9.59 Å². The molecule has 1 saturated heterocycles. The molecule has 1 fully saturated rings. The summed E-state index contributed by atoms with van der Waals surface area (Å²) < 4.78 is 16.0. The van der Waals surface area contributed by atoms with Crippen LogP contribution in [0.4, 0.5) is 0 Å². The molecule has 1 amide bonds. The molecule has 7 heteroatoms. The van der Waals surface area contributed by atoms with Crippen LogP contribution in [-0.4, -0.2) is 55.8 Å². The smallest absolute Gasteiger partial charge is 0.307 e. The number of amides is 1. The Bertz CT molecular complexity index is 557. The second-order valence-electron chi connectivity index (χ2n) is 5.77. The maximum Gasteiger partial charge on any atom is 0.307 e. The minimum atomic E-state index is -0.314. The van der Waals surface area contributed by atoms with E-state index in [-0.39, 0.29) is 31.0 Å². The molecule has 0 N–H and O–H groups in total. The zero-order valence-electron chi connectivity index (χ0n) is 14.4. The van der Waals surface area contributed by atoms with Crippen LogP contribution in [0.2, 0.25) is 5.02 Å². The van der Waals surface area contributed by atoms with Gasteiger partial charge in [0.15, 0.2) is 6.61 Å². The van der Waals surface area contributed by atoms with Crippen molar-refractivity contribution in [3.63, 3.8) is 0 Å². The Kier molecular flexibility index (Phi) is 8.01. The molecule has 6 nitrogen and oxygen atoms in total. The predicted molar refractivity (Wildman–Crippen MR) is 93.8 cm³/mol. The molecule has 1 aliphatic heterocycles. The fourth-order valence-electron chi connectivity index (χ4n) is 2.58. The van der Waals surface area contributed by atoms with Gasteiger partial charge in [-0.25, -0.2) is 0 Å². The lowest BCUT2D eigenvalue weighted by atomic mass is 10.2. The number of ether oxygens (including phenoxy) is 3. The van der Waals surface area contributed by atoms with E-state index in [0.717, 1.165) is 12.8 Å². The van der Waals surface area contributed by atoms with Crippen molar-refractivity contribution < 1.29 is 23.8 Å². The standard InChI is InChI=1S/C18H24ClNO5/c1-2-23-18(22)9-10-20(12-16-4-3-11-24-16)17(21)13-25-15-7-5-14(19)6-8-15/h5-8,16H,2-4,9-13H2,1H3. The molecule has 1 aromatic carbocycles. The SMILES string of the molecule is CCOC(=O)CCN(CC1CCCO1)C(=O)COc1ccc(Cl)cc1. The Morgan fingerprint density at radius 2 is 2.08 bits per heavy atom. The van der Waals surface area contributed by atoms with Gasteiger partial charge in [0.2, 0.25) is 0 Å². The number of carbonyl (C=O) groups excluding carboxylic acids is 2. The molecule has 1 heterocycles. The summed E-state index contributed by atoms with van der Waals surface area (Å²) in [7, 11) is 0. The van der Waals surface area contributed by atoms with Crippen molar-refractivity contribution in [2.24, 2.45) is 0 Å². The lowest BCUT2D eigenvalue weighted by Crippen LogP contribution is -2.41. The summed E-state index contributed by atoms with van der Waals surface area (Å²) in [4.78, 5) is 25.7. The van der Waals surface area contributed by atoms with Gasteiger partial charge in [-0.1, -0.05) is 11.6 Å². The Hall–Kier alpha value is -1.79. The first-order valence-corrected chi connectivity index (χ1v) is 8.89. The second-order valence-corrected chi connectivity index (χ2v) is 6.21. The highest BCUT2D eigenvalue weighted by atomic mass is 35.5. The Morgan fingerprint density at radius 3 is 2.72 bits per heavy atom. The minimum Gasteiger partial charge on any atom is -0.484 e. The summed E-state index contributed by atoms with van der Waals surface area (Å²) >= 11 is 5.83. The first kappa shape index (κ1) is 19.5. The van der Waals surface area contributed by atoms with Crippen molar-refractivity contribution in [2.45, 2.75) is 32.3 Å². The molecule has 25 heavy (non-hydrogen) atoms. The highest BCUT2D eigenvalue weighted by Gasteiger charge is 2.23. The first-order valence-electron chi connectivity index (χ1n) is 8.52. The number of esters is 1. The molecule has 0 aliphatic carbocycles. The highest BCUT2D eigenvalue weighted by molar-refractivity contribution is 6.30. The molecule has 0 aromatic heterocycles. The lowest BCUT2D eigenvalue weighted by Gasteiger charge is -2.25. The third-order valence-corrected chi connectivity index (χ3v) is 4.12. The Morgan fingerprint density at radius 1 is 1.32 bits per heavy atom. The second kappa shape index (κ2) is 10.3. The van der Waals surface area contributed by atoms with E-state index in [4.69, 9.17) is 25.8 Å². The van der Waals surface area contributed by atoms with Crippen LogP contribution in [0.1, 0.15) is 26.2 Å². The van der Waals surface area contributed by atoms with Gasteiger partial charge in [-0.3, -0.25) is 9.59 Å². The molecule has 0 spiro atoms. The summed E-state index contributed by atoms with van der Waals surface area (Å²) in [6, 6.07) is 6.82. The van der Waals surface area contributed by atoms with Crippen LogP contribution in [0.15, 0.2) is 24.3 Å². The number of hydrogen-bond acceptors (Lipinski definition) is 5. The van der Waals surface area contributed by atoms with E-state index < -0.39 is 0 Å². The van der Waals surface area contributed by atoms with E-state index in [1.165, 1.54) is 0 Å². The van der Waals surface area contributed by atoms with E-state index in [1.54, 1.807) is 36.1 Å². The van der Waals surface area contributed by atoms with Gasteiger partial charge in [0.25, 0.3) is 5.91 Å². The third kappa shape index (κ3) is 6.92. The molecule has 0 radical (unpaired) electrons. The van der Waals surface area contributed by atoms with Gasteiger partial charge >= 0.3 is 5.97 Å². The van der Waals surface area contributed by atoms with Gasteiger partial charge in [0, 0.05) is 24.7 Å². The molecule has 0 bridgehead atoms. The van der Waals surface area contributed by atoms with Gasteiger partial charge in [-0.05, 0) is 44.0 Å². The molecule has 138 valence electrons. The number of rotatable bonds is 9. The van der Waals surface area contributed by atoms with E-state index in [0.29, 0.717) is 37.1 Å². The summed E-state index contributed by atoms with van der Waals surface area (Å²) in [5.74, 6) is 0.0706. The number of nitrogens with zero attached hydrogens (tertiary/aromatic N) is 1. The van der Waals surface area contributed by atoms with E-state index in [1.807, 2.05) is 0 Å². The maximum absolute atomic E-state index is 12.5. The van der Waals surface area contributed by atoms with Crippen molar-refractivity contribution >= 4 is 23.5 Å². The van der Waals surface area contributed by atoms with Gasteiger partial charge in [0.05, 0.1) is 19.1 Å². The van der Waals surface area contributed by atoms with Gasteiger partial charge < -0.3 is 19.1 Å². The predicted octanol–water partition coefficient (Wildman–Crippen LogP) is 2.68. The Labute approximate surface area is 153 Å². The molecular weight excluding hydrogens is 346 g/mol. The normalized spacial score (nSPS) is 16.5. The van der Waals surface area contributed by atoms with Crippen LogP contribution in [-0.2, 0) is 19.1 Å². The van der Waals surface area contributed by atoms with Crippen molar-refractivity contribution in [1.82, 2.24) is 4.90 Å². The van der Waals surface area contributed by atoms with Crippen LogP contribution in [0.25, 0.3) is 0 Å². The van der Waals surface area contributed by atoms with Crippen LogP contribution in [0, 0.1) is 0 Å². The molecule has 1 aliphatic rings. The fourth-order valence-corrected chi connectivity index (χ4v) is 2.70. The maximum atomic E-state index is 12.5. The zero-order valence-corrected chi connectivity index (χ0v) is 15.2. The largest absolute Gasteiger partial charge is 0.484 e. The van der Waals surface area contributed by atoms with Crippen LogP contribution in [0.3, 0.4) is 0 Å². The molecule has 2 rings (SSSR count). The third-order valence-electron chi connectivity index (χ3n) is 3.87. The van der Waals surface area contributed by atoms with Crippen molar-refractivity contribution in [2.75, 3.05) is 32.9 Å². The average Bonchev–Trinajstić information content (AvgIpc) is 3.11. The number of benzene rings is 1. The summed E-state index contributed by atoms with van der Waals surface area (Å²) in [6.45, 7) is 3.46. The molecule has 1 unspecified atom stereocenters. The average molecular weight is 370 g/mol. The van der Waals surface area contributed by atoms with E-state index >= 15 is 0 Å². The van der Waals surface area contributed by atoms with Crippen molar-refractivity contribution in [1.29, 1.82) is 0 Å². The highest BCUT2D eigenvalue weighted by Crippen LogP contribution is 2.16. The monoisotopic (exact) mass is 369 g/mol. The number of carbonyl (C=O) groups is 2. The van der Waals surface area contributed by atoms with Gasteiger partial charge in [-0.15, -0.1) is 0 Å². The molecule has 0 saturated carbocycles. The zero-order chi connectivity index (χ0) is 18.1. The molecule has 1 aromatic rings. The minimum absolute atomic E-state index is 0.0154. The summed E-state index contributed by atoms with van der Waals surface area (Å²) in [6.07, 6.45) is 2.09. The van der Waals surface area contributed by atoms with E-state index in [2.05, 4.69) is 0 Å². The van der Waals surface area contributed by atoms with Crippen molar-refractivity contribution in [3.05, 3.63) is 29.3 Å². The summed E-state index contributed by atoms with van der Waals surface area (Å²) in [5.41, 5.74) is 0. The lowest BCUT2D eigenvalue weighted by molar-refractivity contribution is -0.144. The van der Waals surface area contributed by atoms with Gasteiger partial charge in [-0.2, -0.15) is 0 Å². The quantitative estimate of drug-likeness (QED) is 0.626. The summed E-state index contributed by atoms with van der Waals surface area (Å²) in [5, 5.41) is 0.605. The van der Waals surface area contributed by atoms with Crippen LogP contribution >= 0.6 is 11.6 Å². The first-order chi connectivity index (χ1) is 12.1. The Balaban J connectivity index is 1.88. The van der Waals surface area contributed by atoms with Crippen LogP contribution < -0.4 is 4.74 Å². The fraction of sp³-hybridized carbons (Fsp3) is 0.556. The number of hydrogen-bond donors (Lipinski definition) is 0. The van der Waals surface area contributed by atoms with Gasteiger partial charge in [0.1, 0.15) is 5.75 Å². The van der Waals surface area contributed by atoms with Crippen LogP contribution in [0.5, 0.6) is 5.75 Å². The number of halogens is 1. The topological polar surface area (TPSA) is 65.1 Å². The molecular formula is C18H24ClNO5. The molecule has 1 atom stereocenters.